The minimum Gasteiger partial charge on any atom is -0.462 e. The minimum atomic E-state index is -0.783. The van der Waals surface area contributed by atoms with Crippen molar-refractivity contribution >= 4 is 11.9 Å². The van der Waals surface area contributed by atoms with Crippen LogP contribution in [0.1, 0.15) is 252 Å². The largest absolute Gasteiger partial charge is 0.462 e. The summed E-state index contributed by atoms with van der Waals surface area (Å²) in [5.74, 6) is -0.480. The second-order valence-electron chi connectivity index (χ2n) is 16.2. The van der Waals surface area contributed by atoms with E-state index in [4.69, 9.17) is 4.74 Å². The Morgan fingerprint density at radius 3 is 1.38 bits per heavy atom. The number of unbranched alkanes of at least 4 members (excludes halogenated alkanes) is 28. The van der Waals surface area contributed by atoms with Gasteiger partial charge in [-0.1, -0.05) is 200 Å². The van der Waals surface area contributed by atoms with E-state index in [1.165, 1.54) is 141 Å². The van der Waals surface area contributed by atoms with Crippen LogP contribution in [-0.4, -0.2) is 46.9 Å². The van der Waals surface area contributed by atoms with Crippen LogP contribution in [0.4, 0.5) is 0 Å². The van der Waals surface area contributed by atoms with Crippen LogP contribution in [0.2, 0.25) is 0 Å². The molecule has 0 saturated heterocycles. The third-order valence-corrected chi connectivity index (χ3v) is 10.8. The van der Waals surface area contributed by atoms with E-state index in [0.29, 0.717) is 19.3 Å². The molecule has 0 aliphatic heterocycles. The zero-order chi connectivity index (χ0) is 38.9. The van der Waals surface area contributed by atoms with Crippen LogP contribution < -0.4 is 5.32 Å². The molecule has 0 saturated carbocycles. The molecule has 3 unspecified atom stereocenters. The van der Waals surface area contributed by atoms with Gasteiger partial charge in [0.25, 0.3) is 0 Å². The number of aliphatic hydroxyl groups excluding tert-OH is 2. The first-order valence-electron chi connectivity index (χ1n) is 23.4. The average Bonchev–Trinajstić information content (AvgIpc) is 3.15. The van der Waals surface area contributed by atoms with Gasteiger partial charge in [0.1, 0.15) is 6.10 Å². The van der Waals surface area contributed by atoms with E-state index < -0.39 is 18.2 Å². The average molecular weight is 750 g/mol. The highest BCUT2D eigenvalue weighted by Crippen LogP contribution is 2.18. The summed E-state index contributed by atoms with van der Waals surface area (Å²) >= 11 is 0. The molecule has 0 aliphatic rings. The molecule has 3 N–H and O–H groups in total. The molecular formula is C47H91NO5. The Hall–Kier alpha value is -1.40. The minimum absolute atomic E-state index is 0.0728. The highest BCUT2D eigenvalue weighted by atomic mass is 16.5. The highest BCUT2D eigenvalue weighted by molar-refractivity contribution is 5.77. The van der Waals surface area contributed by atoms with Crippen LogP contribution in [0.5, 0.6) is 0 Å². The molecule has 0 radical (unpaired) electrons. The van der Waals surface area contributed by atoms with E-state index in [1.54, 1.807) is 0 Å². The van der Waals surface area contributed by atoms with Crippen molar-refractivity contribution in [2.24, 2.45) is 0 Å². The number of rotatable bonds is 42. The number of hydrogen-bond acceptors (Lipinski definition) is 5. The van der Waals surface area contributed by atoms with Crippen LogP contribution in [0.25, 0.3) is 0 Å². The van der Waals surface area contributed by atoms with Gasteiger partial charge in [0.15, 0.2) is 0 Å². The van der Waals surface area contributed by atoms with E-state index in [2.05, 4.69) is 38.2 Å². The van der Waals surface area contributed by atoms with Crippen LogP contribution in [-0.2, 0) is 14.3 Å². The number of carbonyl (C=O) groups excluding carboxylic acids is 2. The summed E-state index contributed by atoms with van der Waals surface area (Å²) in [5, 5.41) is 23.6. The molecule has 6 nitrogen and oxygen atoms in total. The fourth-order valence-corrected chi connectivity index (χ4v) is 7.25. The molecule has 3 atom stereocenters. The van der Waals surface area contributed by atoms with Gasteiger partial charge in [0.2, 0.25) is 5.91 Å². The fourth-order valence-electron chi connectivity index (χ4n) is 7.25. The molecule has 314 valence electrons. The number of carbonyl (C=O) groups is 2. The second-order valence-corrected chi connectivity index (χ2v) is 16.2. The first kappa shape index (κ1) is 51.6. The van der Waals surface area contributed by atoms with Crippen molar-refractivity contribution in [3.8, 4) is 0 Å². The van der Waals surface area contributed by atoms with Crippen molar-refractivity contribution in [2.45, 2.75) is 270 Å². The van der Waals surface area contributed by atoms with Gasteiger partial charge < -0.3 is 20.3 Å². The van der Waals surface area contributed by atoms with E-state index in [0.717, 1.165) is 64.2 Å². The Balaban J connectivity index is 4.53. The van der Waals surface area contributed by atoms with Gasteiger partial charge in [-0.2, -0.15) is 0 Å². The third kappa shape index (κ3) is 37.3. The molecule has 0 heterocycles. The number of esters is 1. The number of nitrogens with one attached hydrogen (secondary N) is 1. The molecule has 0 spiro atoms. The standard InChI is InChI=1S/C47H91NO5/c1-4-7-10-13-16-19-22-24-27-30-33-36-39-45(50)44(42-49)48-46(51)41-43(38-35-32-29-26-21-18-15-12-9-6-3)53-47(52)40-37-34-31-28-25-23-20-17-14-11-8-5-2/h18,21,43-45,49-50H,4-17,19-20,22-42H2,1-3H3,(H,48,51)/b21-18-. The van der Waals surface area contributed by atoms with Crippen molar-refractivity contribution in [3.05, 3.63) is 12.2 Å². The van der Waals surface area contributed by atoms with Gasteiger partial charge in [-0.3, -0.25) is 9.59 Å². The third-order valence-electron chi connectivity index (χ3n) is 10.8. The van der Waals surface area contributed by atoms with E-state index in [-0.39, 0.29) is 24.9 Å². The predicted molar refractivity (Wildman–Crippen MR) is 227 cm³/mol. The first-order valence-corrected chi connectivity index (χ1v) is 23.4. The van der Waals surface area contributed by atoms with Crippen LogP contribution in [0, 0.1) is 0 Å². The molecule has 0 rings (SSSR count). The van der Waals surface area contributed by atoms with E-state index >= 15 is 0 Å². The lowest BCUT2D eigenvalue weighted by Crippen LogP contribution is -2.46. The van der Waals surface area contributed by atoms with E-state index in [1.807, 2.05) is 0 Å². The monoisotopic (exact) mass is 750 g/mol. The molecule has 0 aliphatic carbocycles. The molecular weight excluding hydrogens is 659 g/mol. The van der Waals surface area contributed by atoms with Gasteiger partial charge in [-0.25, -0.2) is 0 Å². The van der Waals surface area contributed by atoms with Crippen LogP contribution in [0.3, 0.4) is 0 Å². The smallest absolute Gasteiger partial charge is 0.306 e. The lowest BCUT2D eigenvalue weighted by atomic mass is 10.0. The Morgan fingerprint density at radius 2 is 0.906 bits per heavy atom. The fraction of sp³-hybridized carbons (Fsp3) is 0.915. The van der Waals surface area contributed by atoms with Crippen molar-refractivity contribution in [1.82, 2.24) is 5.32 Å². The summed E-state index contributed by atoms with van der Waals surface area (Å²) in [6.45, 7) is 6.44. The van der Waals surface area contributed by atoms with Gasteiger partial charge >= 0.3 is 5.97 Å². The molecule has 0 fully saturated rings. The number of ether oxygens (including phenoxy) is 1. The number of aliphatic hydroxyl groups is 2. The number of allylic oxidation sites excluding steroid dienone is 2. The summed E-state index contributed by atoms with van der Waals surface area (Å²) < 4.78 is 5.89. The molecule has 6 heteroatoms. The molecule has 0 aromatic carbocycles. The van der Waals surface area contributed by atoms with Gasteiger partial charge in [0, 0.05) is 6.42 Å². The zero-order valence-electron chi connectivity index (χ0n) is 35.7. The lowest BCUT2D eigenvalue weighted by Gasteiger charge is -2.24. The molecule has 0 bridgehead atoms. The summed E-state index contributed by atoms with van der Waals surface area (Å²) in [7, 11) is 0. The molecule has 53 heavy (non-hydrogen) atoms. The Morgan fingerprint density at radius 1 is 0.528 bits per heavy atom. The van der Waals surface area contributed by atoms with Crippen LogP contribution >= 0.6 is 0 Å². The first-order chi connectivity index (χ1) is 26.0. The second kappa shape index (κ2) is 41.8. The van der Waals surface area contributed by atoms with Crippen molar-refractivity contribution in [3.63, 3.8) is 0 Å². The summed E-state index contributed by atoms with van der Waals surface area (Å²) in [6.07, 6.45) is 44.1. The summed E-state index contributed by atoms with van der Waals surface area (Å²) in [5.41, 5.74) is 0. The van der Waals surface area contributed by atoms with Crippen molar-refractivity contribution in [1.29, 1.82) is 0 Å². The lowest BCUT2D eigenvalue weighted by molar-refractivity contribution is -0.151. The Kier molecular flexibility index (Phi) is 40.7. The maximum atomic E-state index is 13.1. The molecule has 1 amide bonds. The van der Waals surface area contributed by atoms with Crippen LogP contribution in [0.15, 0.2) is 12.2 Å². The maximum Gasteiger partial charge on any atom is 0.306 e. The Labute approximate surface area is 329 Å². The van der Waals surface area contributed by atoms with Crippen molar-refractivity contribution in [2.75, 3.05) is 6.61 Å². The van der Waals surface area contributed by atoms with Crippen molar-refractivity contribution < 1.29 is 24.5 Å². The zero-order valence-corrected chi connectivity index (χ0v) is 35.7. The van der Waals surface area contributed by atoms with Gasteiger partial charge in [-0.05, 0) is 51.4 Å². The summed E-state index contributed by atoms with van der Waals surface area (Å²) in [4.78, 5) is 25.9. The number of amides is 1. The maximum absolute atomic E-state index is 13.1. The molecule has 0 aromatic rings. The Bertz CT molecular complexity index is 802. The SMILES string of the molecule is CCCCC/C=C\CCCCCC(CC(=O)NC(CO)C(O)CCCCCCCCCCCCCC)OC(=O)CCCCCCCCCCCCCC. The molecule has 0 aromatic heterocycles. The van der Waals surface area contributed by atoms with E-state index in [9.17, 15) is 19.8 Å². The topological polar surface area (TPSA) is 95.9 Å². The van der Waals surface area contributed by atoms with Gasteiger partial charge in [0.05, 0.1) is 25.2 Å². The highest BCUT2D eigenvalue weighted by Gasteiger charge is 2.24. The summed E-state index contributed by atoms with van der Waals surface area (Å²) in [6, 6.07) is -0.697. The predicted octanol–water partition coefficient (Wildman–Crippen LogP) is 13.4. The normalized spacial score (nSPS) is 13.4. The quantitative estimate of drug-likeness (QED) is 0.0328. The van der Waals surface area contributed by atoms with Gasteiger partial charge in [-0.15, -0.1) is 0 Å². The number of hydrogen-bond donors (Lipinski definition) is 3.